The summed E-state index contributed by atoms with van der Waals surface area (Å²) in [5.41, 5.74) is 1.73. The smallest absolute Gasteiger partial charge is 0.223 e. The third-order valence-electron chi connectivity index (χ3n) is 6.00. The molecule has 1 aromatic carbocycles. The van der Waals surface area contributed by atoms with Crippen LogP contribution in [-0.2, 0) is 10.2 Å². The van der Waals surface area contributed by atoms with E-state index in [0.717, 1.165) is 56.8 Å². The Labute approximate surface area is 136 Å². The second-order valence-corrected chi connectivity index (χ2v) is 7.81. The third-order valence-corrected chi connectivity index (χ3v) is 6.23. The first-order chi connectivity index (χ1) is 10.6. The molecule has 0 radical (unpaired) electrons. The van der Waals surface area contributed by atoms with Crippen molar-refractivity contribution in [3.63, 3.8) is 0 Å². The summed E-state index contributed by atoms with van der Waals surface area (Å²) in [5, 5.41) is 7.41. The zero-order chi connectivity index (χ0) is 15.2. The Morgan fingerprint density at radius 2 is 2.05 bits per heavy atom. The van der Waals surface area contributed by atoms with Gasteiger partial charge in [-0.1, -0.05) is 23.7 Å². The number of benzene rings is 1. The summed E-state index contributed by atoms with van der Waals surface area (Å²) in [6, 6.07) is 8.10. The maximum absolute atomic E-state index is 12.5. The van der Waals surface area contributed by atoms with Gasteiger partial charge in [0.15, 0.2) is 0 Å². The second kappa shape index (κ2) is 5.24. The summed E-state index contributed by atoms with van der Waals surface area (Å²) in [6.07, 6.45) is 5.69. The molecular weight excluding hydrogens is 296 g/mol. The van der Waals surface area contributed by atoms with Gasteiger partial charge in [-0.25, -0.2) is 0 Å². The summed E-state index contributed by atoms with van der Waals surface area (Å²) in [5.74, 6) is 0.528. The molecule has 2 aliphatic carbocycles. The Bertz CT molecular complexity index is 591. The molecule has 1 heterocycles. The molecule has 3 aliphatic rings. The van der Waals surface area contributed by atoms with Crippen LogP contribution in [0.1, 0.15) is 37.7 Å². The molecule has 3 fully saturated rings. The quantitative estimate of drug-likeness (QED) is 0.896. The standard InChI is InChI=1S/C18H23ClN2O/c19-14-3-1-2-13(10-14)18(4-5-18)12-21-16(22)15-11-17(15)6-8-20-9-7-17/h1-3,10,15,20H,4-9,11-12H2,(H,21,22). The van der Waals surface area contributed by atoms with E-state index in [1.807, 2.05) is 18.2 Å². The Balaban J connectivity index is 1.36. The normalized spacial score (nSPS) is 27.4. The molecule has 0 aromatic heterocycles. The lowest BCUT2D eigenvalue weighted by molar-refractivity contribution is -0.123. The largest absolute Gasteiger partial charge is 0.355 e. The molecule has 1 aliphatic heterocycles. The first kappa shape index (κ1) is 14.5. The third kappa shape index (κ3) is 2.55. The van der Waals surface area contributed by atoms with Crippen molar-refractivity contribution in [2.24, 2.45) is 11.3 Å². The molecule has 1 aromatic rings. The first-order valence-corrected chi connectivity index (χ1v) is 8.76. The highest BCUT2D eigenvalue weighted by molar-refractivity contribution is 6.30. The van der Waals surface area contributed by atoms with Gasteiger partial charge in [0.05, 0.1) is 0 Å². The second-order valence-electron chi connectivity index (χ2n) is 7.38. The van der Waals surface area contributed by atoms with Gasteiger partial charge in [-0.15, -0.1) is 0 Å². The summed E-state index contributed by atoms with van der Waals surface area (Å²) in [6.45, 7) is 2.89. The lowest BCUT2D eigenvalue weighted by atomic mass is 9.91. The Morgan fingerprint density at radius 3 is 2.73 bits per heavy atom. The van der Waals surface area contributed by atoms with Crippen LogP contribution in [0.15, 0.2) is 24.3 Å². The number of nitrogens with one attached hydrogen (secondary N) is 2. The predicted octanol–water partition coefficient (Wildman–Crippen LogP) is 2.88. The minimum atomic E-state index is 0.136. The molecule has 4 rings (SSSR count). The van der Waals surface area contributed by atoms with Gasteiger partial charge in [0, 0.05) is 22.9 Å². The van der Waals surface area contributed by atoms with Gasteiger partial charge < -0.3 is 10.6 Å². The van der Waals surface area contributed by atoms with E-state index < -0.39 is 0 Å². The van der Waals surface area contributed by atoms with Crippen molar-refractivity contribution >= 4 is 17.5 Å². The van der Waals surface area contributed by atoms with E-state index in [4.69, 9.17) is 11.6 Å². The molecule has 1 unspecified atom stereocenters. The molecule has 3 nitrogen and oxygen atoms in total. The van der Waals surface area contributed by atoms with Crippen LogP contribution in [0.2, 0.25) is 5.02 Å². The highest BCUT2D eigenvalue weighted by atomic mass is 35.5. The van der Waals surface area contributed by atoms with Crippen LogP contribution in [0.4, 0.5) is 0 Å². The van der Waals surface area contributed by atoms with E-state index in [1.165, 1.54) is 5.56 Å². The summed E-state index contributed by atoms with van der Waals surface area (Å²) in [7, 11) is 0. The van der Waals surface area contributed by atoms with Gasteiger partial charge in [-0.05, 0) is 68.3 Å². The van der Waals surface area contributed by atoms with Gasteiger partial charge in [0.2, 0.25) is 5.91 Å². The molecule has 118 valence electrons. The zero-order valence-corrected chi connectivity index (χ0v) is 13.6. The molecule has 1 amide bonds. The fourth-order valence-electron chi connectivity index (χ4n) is 4.11. The maximum Gasteiger partial charge on any atom is 0.223 e. The van der Waals surface area contributed by atoms with Crippen molar-refractivity contribution in [3.8, 4) is 0 Å². The SMILES string of the molecule is O=C(NCC1(c2cccc(Cl)c2)CC1)C1CC12CCNCC2. The van der Waals surface area contributed by atoms with Gasteiger partial charge in [-0.2, -0.15) is 0 Å². The Hall–Kier alpha value is -1.06. The number of carbonyl (C=O) groups is 1. The molecule has 2 saturated carbocycles. The van der Waals surface area contributed by atoms with E-state index in [-0.39, 0.29) is 17.2 Å². The lowest BCUT2D eigenvalue weighted by Crippen LogP contribution is -2.36. The Morgan fingerprint density at radius 1 is 1.27 bits per heavy atom. The van der Waals surface area contributed by atoms with Crippen LogP contribution in [0.25, 0.3) is 0 Å². The minimum Gasteiger partial charge on any atom is -0.355 e. The number of rotatable bonds is 4. The van der Waals surface area contributed by atoms with Crippen molar-refractivity contribution < 1.29 is 4.79 Å². The van der Waals surface area contributed by atoms with Crippen LogP contribution >= 0.6 is 11.6 Å². The average molecular weight is 319 g/mol. The van der Waals surface area contributed by atoms with Crippen LogP contribution in [0.3, 0.4) is 0 Å². The summed E-state index contributed by atoms with van der Waals surface area (Å²) < 4.78 is 0. The zero-order valence-electron chi connectivity index (χ0n) is 12.8. The molecule has 1 saturated heterocycles. The highest BCUT2D eigenvalue weighted by Gasteiger charge is 2.58. The number of halogens is 1. The molecule has 0 bridgehead atoms. The summed E-state index contributed by atoms with van der Waals surface area (Å²) in [4.78, 5) is 12.5. The van der Waals surface area contributed by atoms with E-state index in [2.05, 4.69) is 16.7 Å². The monoisotopic (exact) mass is 318 g/mol. The number of piperidine rings is 1. The van der Waals surface area contributed by atoms with Crippen molar-refractivity contribution in [3.05, 3.63) is 34.9 Å². The van der Waals surface area contributed by atoms with Gasteiger partial charge in [0.1, 0.15) is 0 Å². The Kier molecular flexibility index (Phi) is 3.46. The van der Waals surface area contributed by atoms with E-state index >= 15 is 0 Å². The van der Waals surface area contributed by atoms with Gasteiger partial charge in [0.25, 0.3) is 0 Å². The van der Waals surface area contributed by atoms with E-state index in [1.54, 1.807) is 0 Å². The highest BCUT2D eigenvalue weighted by Crippen LogP contribution is 2.58. The number of hydrogen-bond acceptors (Lipinski definition) is 2. The average Bonchev–Trinajstić information content (AvgIpc) is 3.43. The van der Waals surface area contributed by atoms with Crippen molar-refractivity contribution in [2.75, 3.05) is 19.6 Å². The molecule has 22 heavy (non-hydrogen) atoms. The van der Waals surface area contributed by atoms with Crippen molar-refractivity contribution in [1.82, 2.24) is 10.6 Å². The van der Waals surface area contributed by atoms with E-state index in [9.17, 15) is 4.79 Å². The van der Waals surface area contributed by atoms with Gasteiger partial charge >= 0.3 is 0 Å². The maximum atomic E-state index is 12.5. The van der Waals surface area contributed by atoms with Crippen molar-refractivity contribution in [1.29, 1.82) is 0 Å². The predicted molar refractivity (Wildman–Crippen MR) is 88.0 cm³/mol. The number of hydrogen-bond donors (Lipinski definition) is 2. The van der Waals surface area contributed by atoms with Crippen LogP contribution < -0.4 is 10.6 Å². The molecular formula is C18H23ClN2O. The molecule has 1 atom stereocenters. The first-order valence-electron chi connectivity index (χ1n) is 8.38. The molecule has 4 heteroatoms. The van der Waals surface area contributed by atoms with Crippen molar-refractivity contribution in [2.45, 2.75) is 37.5 Å². The lowest BCUT2D eigenvalue weighted by Gasteiger charge is -2.23. The summed E-state index contributed by atoms with van der Waals surface area (Å²) >= 11 is 6.11. The van der Waals surface area contributed by atoms with Crippen LogP contribution in [0.5, 0.6) is 0 Å². The van der Waals surface area contributed by atoms with Crippen LogP contribution in [-0.4, -0.2) is 25.5 Å². The number of carbonyl (C=O) groups excluding carboxylic acids is 1. The van der Waals surface area contributed by atoms with E-state index in [0.29, 0.717) is 5.41 Å². The molecule has 1 spiro atoms. The number of amides is 1. The van der Waals surface area contributed by atoms with Gasteiger partial charge in [-0.3, -0.25) is 4.79 Å². The fourth-order valence-corrected chi connectivity index (χ4v) is 4.30. The fraction of sp³-hybridized carbons (Fsp3) is 0.611. The minimum absolute atomic E-state index is 0.136. The van der Waals surface area contributed by atoms with Crippen LogP contribution in [0, 0.1) is 11.3 Å². The molecule has 2 N–H and O–H groups in total. The topological polar surface area (TPSA) is 41.1 Å².